The maximum Gasteiger partial charge on any atom is 0.328 e. The highest BCUT2D eigenvalue weighted by Gasteiger charge is 2.25. The fraction of sp³-hybridized carbons (Fsp3) is 0.500. The Balaban J connectivity index is 3.22. The summed E-state index contributed by atoms with van der Waals surface area (Å²) in [5.74, 6) is -1.03. The number of aromatic nitrogens is 2. The van der Waals surface area contributed by atoms with Gasteiger partial charge in [0.05, 0.1) is 11.5 Å². The second-order valence-electron chi connectivity index (χ2n) is 4.19. The minimum Gasteiger partial charge on any atom is -0.478 e. The van der Waals surface area contributed by atoms with Gasteiger partial charge in [0.25, 0.3) is 0 Å². The van der Waals surface area contributed by atoms with Crippen molar-refractivity contribution < 1.29 is 14.8 Å². The third kappa shape index (κ3) is 3.40. The number of hydrogen-bond donors (Lipinski definition) is 1. The molecule has 0 aliphatic rings. The number of carboxylic acid groups (broad SMARTS) is 1. The van der Waals surface area contributed by atoms with Gasteiger partial charge in [-0.2, -0.15) is 5.10 Å². The number of carbonyl (C=O) groups is 1. The van der Waals surface area contributed by atoms with Crippen LogP contribution >= 0.6 is 0 Å². The highest BCUT2D eigenvalue weighted by atomic mass is 16.6. The zero-order valence-electron chi connectivity index (χ0n) is 11.2. The van der Waals surface area contributed by atoms with E-state index < -0.39 is 10.9 Å². The van der Waals surface area contributed by atoms with Crippen molar-refractivity contribution in [2.45, 2.75) is 40.2 Å². The largest absolute Gasteiger partial charge is 0.478 e. The molecule has 1 aromatic rings. The monoisotopic (exact) mass is 267 g/mol. The van der Waals surface area contributed by atoms with Gasteiger partial charge in [0, 0.05) is 6.08 Å². The van der Waals surface area contributed by atoms with Gasteiger partial charge in [0.2, 0.25) is 0 Å². The van der Waals surface area contributed by atoms with Crippen molar-refractivity contribution >= 4 is 11.7 Å². The molecule has 0 radical (unpaired) electrons. The van der Waals surface area contributed by atoms with E-state index in [1.54, 1.807) is 13.8 Å². The number of rotatable bonds is 6. The maximum atomic E-state index is 11.1. The highest BCUT2D eigenvalue weighted by molar-refractivity contribution is 5.80. The second kappa shape index (κ2) is 6.12. The Hall–Kier alpha value is -2.18. The predicted octanol–water partition coefficient (Wildman–Crippen LogP) is 1.95. The van der Waals surface area contributed by atoms with Gasteiger partial charge in [-0.1, -0.05) is 13.8 Å². The molecule has 0 unspecified atom stereocenters. The summed E-state index contributed by atoms with van der Waals surface area (Å²) in [6.45, 7) is 5.53. The average molecular weight is 267 g/mol. The van der Waals surface area contributed by atoms with Crippen LogP contribution in [-0.2, 0) is 24.2 Å². The molecule has 0 amide bonds. The first-order valence-electron chi connectivity index (χ1n) is 6.03. The number of hydrogen-bond acceptors (Lipinski definition) is 4. The molecule has 7 heteroatoms. The summed E-state index contributed by atoms with van der Waals surface area (Å²) in [7, 11) is 0. The number of carboxylic acids is 1. The van der Waals surface area contributed by atoms with E-state index in [-0.39, 0.29) is 12.2 Å². The van der Waals surface area contributed by atoms with Crippen LogP contribution < -0.4 is 0 Å². The minimum absolute atomic E-state index is 0.0492. The van der Waals surface area contributed by atoms with Crippen molar-refractivity contribution in [2.75, 3.05) is 0 Å². The van der Waals surface area contributed by atoms with E-state index in [0.29, 0.717) is 29.8 Å². The molecular formula is C12H17N3O4. The van der Waals surface area contributed by atoms with Gasteiger partial charge in [-0.3, -0.25) is 14.8 Å². The summed E-state index contributed by atoms with van der Waals surface area (Å²) < 4.78 is 1.52. The van der Waals surface area contributed by atoms with Crippen molar-refractivity contribution in [2.24, 2.45) is 0 Å². The molecule has 0 saturated heterocycles. The van der Waals surface area contributed by atoms with E-state index in [9.17, 15) is 14.9 Å². The molecule has 1 aromatic heterocycles. The molecule has 104 valence electrons. The molecule has 0 bridgehead atoms. The molecule has 1 heterocycles. The Bertz CT molecular complexity index is 531. The summed E-state index contributed by atoms with van der Waals surface area (Å²) in [5, 5.41) is 24.0. The van der Waals surface area contributed by atoms with Crippen LogP contribution in [0.15, 0.2) is 11.6 Å². The van der Waals surface area contributed by atoms with Gasteiger partial charge < -0.3 is 5.11 Å². The molecule has 0 aliphatic heterocycles. The third-order valence-corrected chi connectivity index (χ3v) is 2.72. The maximum absolute atomic E-state index is 11.1. The van der Waals surface area contributed by atoms with Gasteiger partial charge in [-0.05, 0) is 25.3 Å². The molecule has 0 aromatic carbocycles. The SMILES string of the molecule is CCc1nn(CC(C)=CC(=O)O)c(CC)c1[N+](=O)[O-]. The molecule has 0 aliphatic carbocycles. The third-order valence-electron chi connectivity index (χ3n) is 2.72. The summed E-state index contributed by atoms with van der Waals surface area (Å²) in [5.41, 5.74) is 1.60. The van der Waals surface area contributed by atoms with Crippen LogP contribution in [0.2, 0.25) is 0 Å². The lowest BCUT2D eigenvalue weighted by atomic mass is 10.2. The van der Waals surface area contributed by atoms with E-state index in [1.807, 2.05) is 6.92 Å². The first kappa shape index (κ1) is 14.9. The van der Waals surface area contributed by atoms with Crippen molar-refractivity contribution in [1.29, 1.82) is 0 Å². The molecule has 1 rings (SSSR count). The van der Waals surface area contributed by atoms with Crippen LogP contribution in [0.25, 0.3) is 0 Å². The summed E-state index contributed by atoms with van der Waals surface area (Å²) in [6.07, 6.45) is 2.03. The fourth-order valence-corrected chi connectivity index (χ4v) is 1.96. The van der Waals surface area contributed by atoms with Crippen molar-refractivity contribution in [3.63, 3.8) is 0 Å². The van der Waals surface area contributed by atoms with Crippen LogP contribution in [0.4, 0.5) is 5.69 Å². The van der Waals surface area contributed by atoms with E-state index in [0.717, 1.165) is 6.08 Å². The number of allylic oxidation sites excluding steroid dienone is 1. The smallest absolute Gasteiger partial charge is 0.328 e. The Morgan fingerprint density at radius 3 is 2.53 bits per heavy atom. The molecule has 0 saturated carbocycles. The molecule has 0 atom stereocenters. The normalized spacial score (nSPS) is 11.6. The standard InChI is InChI=1S/C12H17N3O4/c1-4-9-12(15(18)19)10(5-2)14(13-9)7-8(3)6-11(16)17/h6H,4-5,7H2,1-3H3,(H,16,17). The van der Waals surface area contributed by atoms with E-state index >= 15 is 0 Å². The Labute approximate surface area is 110 Å². The zero-order valence-corrected chi connectivity index (χ0v) is 11.2. The molecule has 7 nitrogen and oxygen atoms in total. The second-order valence-corrected chi connectivity index (χ2v) is 4.19. The van der Waals surface area contributed by atoms with Gasteiger partial charge >= 0.3 is 11.7 Å². The average Bonchev–Trinajstić information content (AvgIpc) is 2.65. The summed E-state index contributed by atoms with van der Waals surface area (Å²) in [4.78, 5) is 21.2. The lowest BCUT2D eigenvalue weighted by molar-refractivity contribution is -0.386. The topological polar surface area (TPSA) is 98.3 Å². The molecule has 0 spiro atoms. The van der Waals surface area contributed by atoms with E-state index in [2.05, 4.69) is 5.10 Å². The number of aliphatic carboxylic acids is 1. The zero-order chi connectivity index (χ0) is 14.6. The summed E-state index contributed by atoms with van der Waals surface area (Å²) in [6, 6.07) is 0. The van der Waals surface area contributed by atoms with Gasteiger partial charge in [-0.25, -0.2) is 4.79 Å². The van der Waals surface area contributed by atoms with Crippen molar-refractivity contribution in [1.82, 2.24) is 9.78 Å². The Morgan fingerprint density at radius 1 is 1.47 bits per heavy atom. The number of aryl methyl sites for hydroxylation is 1. The van der Waals surface area contributed by atoms with E-state index in [1.165, 1.54) is 4.68 Å². The number of nitrogens with zero attached hydrogens (tertiary/aromatic N) is 3. The van der Waals surface area contributed by atoms with Crippen LogP contribution in [0.1, 0.15) is 32.2 Å². The van der Waals surface area contributed by atoms with Crippen molar-refractivity contribution in [3.8, 4) is 0 Å². The van der Waals surface area contributed by atoms with Crippen LogP contribution in [0.3, 0.4) is 0 Å². The number of nitro groups is 1. The molecular weight excluding hydrogens is 250 g/mol. The molecule has 0 fully saturated rings. The van der Waals surface area contributed by atoms with Gasteiger partial charge in [0.15, 0.2) is 0 Å². The predicted molar refractivity (Wildman–Crippen MR) is 69.0 cm³/mol. The van der Waals surface area contributed by atoms with E-state index in [4.69, 9.17) is 5.11 Å². The molecule has 1 N–H and O–H groups in total. The fourth-order valence-electron chi connectivity index (χ4n) is 1.96. The summed E-state index contributed by atoms with van der Waals surface area (Å²) >= 11 is 0. The highest BCUT2D eigenvalue weighted by Crippen LogP contribution is 2.25. The van der Waals surface area contributed by atoms with Crippen LogP contribution in [0, 0.1) is 10.1 Å². The quantitative estimate of drug-likeness (QED) is 0.482. The first-order chi connectivity index (χ1) is 8.90. The van der Waals surface area contributed by atoms with Crippen LogP contribution in [0.5, 0.6) is 0 Å². The lowest BCUT2D eigenvalue weighted by Gasteiger charge is -2.04. The molecule has 19 heavy (non-hydrogen) atoms. The van der Waals surface area contributed by atoms with Gasteiger partial charge in [0.1, 0.15) is 11.4 Å². The van der Waals surface area contributed by atoms with Crippen LogP contribution in [-0.4, -0.2) is 25.8 Å². The lowest BCUT2D eigenvalue weighted by Crippen LogP contribution is -2.07. The Morgan fingerprint density at radius 2 is 2.11 bits per heavy atom. The van der Waals surface area contributed by atoms with Gasteiger partial charge in [-0.15, -0.1) is 0 Å². The first-order valence-corrected chi connectivity index (χ1v) is 6.03. The minimum atomic E-state index is -1.03. The Kier molecular flexibility index (Phi) is 4.80. The van der Waals surface area contributed by atoms with Crippen molar-refractivity contribution in [3.05, 3.63) is 33.2 Å².